The lowest BCUT2D eigenvalue weighted by Gasteiger charge is -2.11. The fourth-order valence-corrected chi connectivity index (χ4v) is 1.91. The molecule has 0 amide bonds. The predicted molar refractivity (Wildman–Crippen MR) is 68.7 cm³/mol. The van der Waals surface area contributed by atoms with Crippen molar-refractivity contribution in [2.75, 3.05) is 0 Å². The molecular formula is C13H16N4. The van der Waals surface area contributed by atoms with E-state index < -0.39 is 0 Å². The molecule has 2 rings (SSSR count). The van der Waals surface area contributed by atoms with E-state index in [1.807, 2.05) is 31.3 Å². The van der Waals surface area contributed by atoms with Gasteiger partial charge in [-0.05, 0) is 30.7 Å². The highest BCUT2D eigenvalue weighted by Crippen LogP contribution is 2.17. The SMILES string of the molecule is CCc1nccn1-c1ccc(C(=N)N)cc1C. The van der Waals surface area contributed by atoms with Crippen LogP contribution < -0.4 is 5.73 Å². The third kappa shape index (κ3) is 2.06. The summed E-state index contributed by atoms with van der Waals surface area (Å²) in [4.78, 5) is 4.31. The molecule has 0 aliphatic carbocycles. The van der Waals surface area contributed by atoms with Crippen molar-refractivity contribution in [2.45, 2.75) is 20.3 Å². The first-order chi connectivity index (χ1) is 8.13. The Morgan fingerprint density at radius 1 is 1.47 bits per heavy atom. The first-order valence-electron chi connectivity index (χ1n) is 5.61. The number of benzene rings is 1. The van der Waals surface area contributed by atoms with Crippen LogP contribution in [0, 0.1) is 12.3 Å². The Kier molecular flexibility index (Phi) is 2.95. The largest absolute Gasteiger partial charge is 0.384 e. The van der Waals surface area contributed by atoms with Gasteiger partial charge in [0.25, 0.3) is 0 Å². The van der Waals surface area contributed by atoms with Crippen LogP contribution in [-0.2, 0) is 6.42 Å². The Morgan fingerprint density at radius 3 is 2.82 bits per heavy atom. The smallest absolute Gasteiger partial charge is 0.122 e. The zero-order valence-corrected chi connectivity index (χ0v) is 10.1. The molecule has 0 atom stereocenters. The number of nitrogens with one attached hydrogen (secondary N) is 1. The highest BCUT2D eigenvalue weighted by molar-refractivity contribution is 5.95. The normalized spacial score (nSPS) is 10.5. The molecule has 0 bridgehead atoms. The van der Waals surface area contributed by atoms with Crippen LogP contribution in [0.25, 0.3) is 5.69 Å². The zero-order valence-electron chi connectivity index (χ0n) is 10.1. The highest BCUT2D eigenvalue weighted by atomic mass is 15.1. The minimum Gasteiger partial charge on any atom is -0.384 e. The second-order valence-electron chi connectivity index (χ2n) is 3.98. The average molecular weight is 228 g/mol. The van der Waals surface area contributed by atoms with Gasteiger partial charge in [-0.15, -0.1) is 0 Å². The summed E-state index contributed by atoms with van der Waals surface area (Å²) in [6.07, 6.45) is 4.65. The molecule has 3 N–H and O–H groups in total. The molecule has 0 aliphatic rings. The van der Waals surface area contributed by atoms with Gasteiger partial charge in [0, 0.05) is 30.1 Å². The molecule has 0 fully saturated rings. The number of imidazole rings is 1. The number of rotatable bonds is 3. The molecule has 88 valence electrons. The lowest BCUT2D eigenvalue weighted by molar-refractivity contribution is 0.886. The van der Waals surface area contributed by atoms with Crippen LogP contribution in [0.2, 0.25) is 0 Å². The van der Waals surface area contributed by atoms with Gasteiger partial charge in [-0.3, -0.25) is 5.41 Å². The summed E-state index contributed by atoms with van der Waals surface area (Å²) in [5.41, 5.74) is 8.40. The maximum absolute atomic E-state index is 7.41. The summed E-state index contributed by atoms with van der Waals surface area (Å²) >= 11 is 0. The van der Waals surface area contributed by atoms with Gasteiger partial charge in [0.05, 0.1) is 0 Å². The van der Waals surface area contributed by atoms with E-state index in [4.69, 9.17) is 11.1 Å². The van der Waals surface area contributed by atoms with Crippen LogP contribution in [0.3, 0.4) is 0 Å². The molecule has 0 radical (unpaired) electrons. The summed E-state index contributed by atoms with van der Waals surface area (Å²) in [5.74, 6) is 1.13. The number of hydrogen-bond donors (Lipinski definition) is 2. The van der Waals surface area contributed by atoms with Gasteiger partial charge in [-0.2, -0.15) is 0 Å². The number of aromatic nitrogens is 2. The lowest BCUT2D eigenvalue weighted by atomic mass is 10.1. The van der Waals surface area contributed by atoms with Crippen LogP contribution in [0.1, 0.15) is 23.9 Å². The molecule has 2 aromatic rings. The van der Waals surface area contributed by atoms with Crippen LogP contribution >= 0.6 is 0 Å². The molecule has 0 unspecified atom stereocenters. The van der Waals surface area contributed by atoms with Crippen molar-refractivity contribution in [1.82, 2.24) is 9.55 Å². The van der Waals surface area contributed by atoms with E-state index in [9.17, 15) is 0 Å². The number of hydrogen-bond acceptors (Lipinski definition) is 2. The maximum atomic E-state index is 7.41. The van der Waals surface area contributed by atoms with E-state index in [1.54, 1.807) is 6.20 Å². The van der Waals surface area contributed by atoms with E-state index in [-0.39, 0.29) is 5.84 Å². The summed E-state index contributed by atoms with van der Waals surface area (Å²) in [5, 5.41) is 7.41. The van der Waals surface area contributed by atoms with Crippen LogP contribution in [-0.4, -0.2) is 15.4 Å². The predicted octanol–water partition coefficient (Wildman–Crippen LogP) is 2.03. The molecule has 4 heteroatoms. The number of amidine groups is 1. The molecule has 17 heavy (non-hydrogen) atoms. The van der Waals surface area contributed by atoms with E-state index in [0.717, 1.165) is 29.1 Å². The van der Waals surface area contributed by atoms with E-state index in [0.29, 0.717) is 0 Å². The quantitative estimate of drug-likeness (QED) is 0.623. The number of aryl methyl sites for hydroxylation is 2. The molecule has 0 saturated carbocycles. The monoisotopic (exact) mass is 228 g/mol. The summed E-state index contributed by atoms with van der Waals surface area (Å²) in [6.45, 7) is 4.10. The van der Waals surface area contributed by atoms with Gasteiger partial charge >= 0.3 is 0 Å². The molecule has 4 nitrogen and oxygen atoms in total. The van der Waals surface area contributed by atoms with Crippen molar-refractivity contribution in [1.29, 1.82) is 5.41 Å². The third-order valence-electron chi connectivity index (χ3n) is 2.80. The maximum Gasteiger partial charge on any atom is 0.122 e. The highest BCUT2D eigenvalue weighted by Gasteiger charge is 2.07. The van der Waals surface area contributed by atoms with Crippen LogP contribution in [0.4, 0.5) is 0 Å². The van der Waals surface area contributed by atoms with E-state index in [2.05, 4.69) is 16.5 Å². The van der Waals surface area contributed by atoms with Gasteiger partial charge in [0.15, 0.2) is 0 Å². The number of nitrogen functional groups attached to an aromatic ring is 1. The van der Waals surface area contributed by atoms with Crippen LogP contribution in [0.15, 0.2) is 30.6 Å². The van der Waals surface area contributed by atoms with E-state index >= 15 is 0 Å². The van der Waals surface area contributed by atoms with Crippen molar-refractivity contribution in [3.63, 3.8) is 0 Å². The van der Waals surface area contributed by atoms with Gasteiger partial charge < -0.3 is 10.3 Å². The van der Waals surface area contributed by atoms with Crippen LogP contribution in [0.5, 0.6) is 0 Å². The molecule has 1 heterocycles. The van der Waals surface area contributed by atoms with Gasteiger partial charge in [0.1, 0.15) is 11.7 Å². The minimum atomic E-state index is 0.0981. The Hall–Kier alpha value is -2.10. The first kappa shape index (κ1) is 11.4. The average Bonchev–Trinajstić information content (AvgIpc) is 2.76. The molecule has 1 aromatic heterocycles. The molecule has 0 saturated heterocycles. The Balaban J connectivity index is 2.50. The molecule has 0 spiro atoms. The number of nitrogens with zero attached hydrogens (tertiary/aromatic N) is 2. The van der Waals surface area contributed by atoms with E-state index in [1.165, 1.54) is 0 Å². The Bertz CT molecular complexity index is 554. The topological polar surface area (TPSA) is 67.7 Å². The summed E-state index contributed by atoms with van der Waals surface area (Å²) in [7, 11) is 0. The Labute approximate surface area is 101 Å². The van der Waals surface area contributed by atoms with Crippen molar-refractivity contribution in [3.05, 3.63) is 47.5 Å². The van der Waals surface area contributed by atoms with Gasteiger partial charge in [-0.1, -0.05) is 6.92 Å². The van der Waals surface area contributed by atoms with Crippen molar-refractivity contribution in [2.24, 2.45) is 5.73 Å². The summed E-state index contributed by atoms with van der Waals surface area (Å²) in [6, 6.07) is 5.77. The minimum absolute atomic E-state index is 0.0981. The van der Waals surface area contributed by atoms with Crippen molar-refractivity contribution >= 4 is 5.84 Å². The molecule has 0 aliphatic heterocycles. The van der Waals surface area contributed by atoms with Crippen molar-refractivity contribution in [3.8, 4) is 5.69 Å². The second kappa shape index (κ2) is 4.41. The standard InChI is InChI=1S/C13H16N4/c1-3-12-16-6-7-17(12)11-5-4-10(13(14)15)8-9(11)2/h4-8H,3H2,1-2H3,(H3,14,15). The first-order valence-corrected chi connectivity index (χ1v) is 5.61. The number of nitrogens with two attached hydrogens (primary N) is 1. The fraction of sp³-hybridized carbons (Fsp3) is 0.231. The van der Waals surface area contributed by atoms with Crippen molar-refractivity contribution < 1.29 is 0 Å². The second-order valence-corrected chi connectivity index (χ2v) is 3.98. The lowest BCUT2D eigenvalue weighted by Crippen LogP contribution is -2.12. The van der Waals surface area contributed by atoms with Gasteiger partial charge in [0.2, 0.25) is 0 Å². The molecule has 1 aromatic carbocycles. The molecular weight excluding hydrogens is 212 g/mol. The fourth-order valence-electron chi connectivity index (χ4n) is 1.91. The summed E-state index contributed by atoms with van der Waals surface area (Å²) < 4.78 is 2.07. The Morgan fingerprint density at radius 2 is 2.24 bits per heavy atom. The third-order valence-corrected chi connectivity index (χ3v) is 2.80. The van der Waals surface area contributed by atoms with Gasteiger partial charge in [-0.25, -0.2) is 4.98 Å². The zero-order chi connectivity index (χ0) is 12.4.